The molecule has 5 nitrogen and oxygen atoms in total. The second kappa shape index (κ2) is 8.01. The first-order valence-corrected chi connectivity index (χ1v) is 8.40. The van der Waals surface area contributed by atoms with Crippen molar-refractivity contribution in [2.75, 3.05) is 6.61 Å². The van der Waals surface area contributed by atoms with Crippen LogP contribution in [-0.4, -0.2) is 18.8 Å². The molecule has 2 rings (SSSR count). The number of para-hydroxylation sites is 1. The van der Waals surface area contributed by atoms with Crippen molar-refractivity contribution in [1.82, 2.24) is 5.32 Å². The number of ether oxygens (including phenoxy) is 1. The van der Waals surface area contributed by atoms with Gasteiger partial charge in [-0.3, -0.25) is 9.59 Å². The Labute approximate surface area is 148 Å². The van der Waals surface area contributed by atoms with E-state index >= 15 is 0 Å². The molecule has 0 bridgehead atoms. The van der Waals surface area contributed by atoms with Crippen LogP contribution in [0, 0.1) is 5.41 Å². The van der Waals surface area contributed by atoms with Gasteiger partial charge in [-0.15, -0.1) is 0 Å². The van der Waals surface area contributed by atoms with Crippen molar-refractivity contribution in [3.8, 4) is 5.75 Å². The lowest BCUT2D eigenvalue weighted by atomic mass is 9.85. The number of aryl methyl sites for hydroxylation is 1. The van der Waals surface area contributed by atoms with Crippen LogP contribution in [0.25, 0.3) is 0 Å². The Morgan fingerprint density at radius 1 is 1.24 bits per heavy atom. The SMILES string of the molecule is CCc1ccc(C(NC(=O)COc2ccccc2C=O)C(C)(C)C)o1. The van der Waals surface area contributed by atoms with Gasteiger partial charge in [0.05, 0.1) is 11.6 Å². The molecule has 1 aromatic heterocycles. The molecule has 0 fully saturated rings. The van der Waals surface area contributed by atoms with Crippen LogP contribution in [-0.2, 0) is 11.2 Å². The quantitative estimate of drug-likeness (QED) is 0.773. The van der Waals surface area contributed by atoms with E-state index in [2.05, 4.69) is 5.32 Å². The van der Waals surface area contributed by atoms with Crippen LogP contribution in [0.4, 0.5) is 0 Å². The Hall–Kier alpha value is -2.56. The summed E-state index contributed by atoms with van der Waals surface area (Å²) in [5, 5.41) is 2.97. The van der Waals surface area contributed by atoms with Gasteiger partial charge >= 0.3 is 0 Å². The molecule has 1 aromatic carbocycles. The van der Waals surface area contributed by atoms with Crippen molar-refractivity contribution in [2.24, 2.45) is 5.41 Å². The fourth-order valence-electron chi connectivity index (χ4n) is 2.51. The van der Waals surface area contributed by atoms with Crippen molar-refractivity contribution in [1.29, 1.82) is 0 Å². The largest absolute Gasteiger partial charge is 0.483 e. The molecule has 2 aromatic rings. The first-order valence-electron chi connectivity index (χ1n) is 8.40. The minimum Gasteiger partial charge on any atom is -0.483 e. The Morgan fingerprint density at radius 3 is 2.56 bits per heavy atom. The minimum atomic E-state index is -0.273. The Bertz CT molecular complexity index is 727. The highest BCUT2D eigenvalue weighted by molar-refractivity contribution is 5.81. The maximum absolute atomic E-state index is 12.4. The van der Waals surface area contributed by atoms with Crippen LogP contribution >= 0.6 is 0 Å². The van der Waals surface area contributed by atoms with Crippen LogP contribution in [0.2, 0.25) is 0 Å². The molecule has 0 spiro atoms. The maximum atomic E-state index is 12.4. The van der Waals surface area contributed by atoms with Gasteiger partial charge in [0, 0.05) is 6.42 Å². The van der Waals surface area contributed by atoms with Gasteiger partial charge in [0.25, 0.3) is 5.91 Å². The summed E-state index contributed by atoms with van der Waals surface area (Å²) in [5.74, 6) is 1.74. The van der Waals surface area contributed by atoms with E-state index < -0.39 is 0 Å². The standard InChI is InChI=1S/C20H25NO4/c1-5-15-10-11-17(25-15)19(20(2,3)4)21-18(23)13-24-16-9-7-6-8-14(16)12-22/h6-12,19H,5,13H2,1-4H3,(H,21,23). The molecule has 1 atom stereocenters. The van der Waals surface area contributed by atoms with E-state index in [1.54, 1.807) is 24.3 Å². The monoisotopic (exact) mass is 343 g/mol. The highest BCUT2D eigenvalue weighted by atomic mass is 16.5. The number of carbonyl (C=O) groups excluding carboxylic acids is 2. The molecule has 1 amide bonds. The van der Waals surface area contributed by atoms with Gasteiger partial charge in [0.15, 0.2) is 12.9 Å². The van der Waals surface area contributed by atoms with E-state index in [1.165, 1.54) is 0 Å². The number of amides is 1. The average Bonchev–Trinajstić information content (AvgIpc) is 3.05. The summed E-state index contributed by atoms with van der Waals surface area (Å²) in [6, 6.07) is 10.4. The zero-order valence-electron chi connectivity index (χ0n) is 15.2. The van der Waals surface area contributed by atoms with Crippen LogP contribution in [0.15, 0.2) is 40.8 Å². The third kappa shape index (κ3) is 4.95. The van der Waals surface area contributed by atoms with Gasteiger partial charge in [-0.2, -0.15) is 0 Å². The van der Waals surface area contributed by atoms with Crippen LogP contribution in [0.5, 0.6) is 5.75 Å². The van der Waals surface area contributed by atoms with Gasteiger partial charge in [-0.25, -0.2) is 0 Å². The third-order valence-electron chi connectivity index (χ3n) is 3.89. The molecule has 1 unspecified atom stereocenters. The Morgan fingerprint density at radius 2 is 1.96 bits per heavy atom. The zero-order valence-corrected chi connectivity index (χ0v) is 15.2. The molecular formula is C20H25NO4. The number of furan rings is 1. The lowest BCUT2D eigenvalue weighted by Crippen LogP contribution is -2.39. The molecule has 0 radical (unpaired) electrons. The summed E-state index contributed by atoms with van der Waals surface area (Å²) < 4.78 is 11.3. The number of nitrogens with one attached hydrogen (secondary N) is 1. The topological polar surface area (TPSA) is 68.5 Å². The van der Waals surface area contributed by atoms with Gasteiger partial charge in [0.1, 0.15) is 17.3 Å². The highest BCUT2D eigenvalue weighted by Crippen LogP contribution is 2.33. The molecule has 0 aliphatic rings. The van der Waals surface area contributed by atoms with Gasteiger partial charge in [-0.1, -0.05) is 39.8 Å². The summed E-state index contributed by atoms with van der Waals surface area (Å²) in [7, 11) is 0. The Balaban J connectivity index is 2.06. The number of benzene rings is 1. The number of hydrogen-bond acceptors (Lipinski definition) is 4. The first kappa shape index (κ1) is 18.8. The van der Waals surface area contributed by atoms with E-state index in [-0.39, 0.29) is 24.0 Å². The average molecular weight is 343 g/mol. The summed E-state index contributed by atoms with van der Waals surface area (Å²) in [6.45, 7) is 7.96. The maximum Gasteiger partial charge on any atom is 0.258 e. The van der Waals surface area contributed by atoms with E-state index in [9.17, 15) is 9.59 Å². The molecule has 0 saturated heterocycles. The number of hydrogen-bond donors (Lipinski definition) is 1. The molecule has 134 valence electrons. The second-order valence-corrected chi connectivity index (χ2v) is 6.97. The zero-order chi connectivity index (χ0) is 18.4. The first-order chi connectivity index (χ1) is 11.8. The predicted molar refractivity (Wildman–Crippen MR) is 95.7 cm³/mol. The second-order valence-electron chi connectivity index (χ2n) is 6.97. The molecule has 1 heterocycles. The van der Waals surface area contributed by atoms with E-state index in [4.69, 9.17) is 9.15 Å². The number of rotatable bonds is 7. The van der Waals surface area contributed by atoms with Crippen molar-refractivity contribution >= 4 is 12.2 Å². The van der Waals surface area contributed by atoms with E-state index in [1.807, 2.05) is 39.8 Å². The molecule has 0 aliphatic heterocycles. The normalized spacial score (nSPS) is 12.5. The van der Waals surface area contributed by atoms with Crippen molar-refractivity contribution in [2.45, 2.75) is 40.2 Å². The van der Waals surface area contributed by atoms with E-state index in [0.29, 0.717) is 17.6 Å². The molecular weight excluding hydrogens is 318 g/mol. The summed E-state index contributed by atoms with van der Waals surface area (Å²) in [6.07, 6.45) is 1.51. The van der Waals surface area contributed by atoms with Crippen LogP contribution in [0.1, 0.15) is 55.6 Å². The van der Waals surface area contributed by atoms with Gasteiger partial charge in [0.2, 0.25) is 0 Å². The minimum absolute atomic E-state index is 0.168. The smallest absolute Gasteiger partial charge is 0.258 e. The summed E-state index contributed by atoms with van der Waals surface area (Å²) in [4.78, 5) is 23.4. The molecule has 1 N–H and O–H groups in total. The third-order valence-corrected chi connectivity index (χ3v) is 3.89. The molecule has 25 heavy (non-hydrogen) atoms. The fraction of sp³-hybridized carbons (Fsp3) is 0.400. The predicted octanol–water partition coefficient (Wildman–Crippen LogP) is 3.94. The van der Waals surface area contributed by atoms with Gasteiger partial charge in [-0.05, 0) is 29.7 Å². The number of aldehydes is 1. The number of carbonyl (C=O) groups is 2. The van der Waals surface area contributed by atoms with Crippen LogP contribution < -0.4 is 10.1 Å². The lowest BCUT2D eigenvalue weighted by Gasteiger charge is -2.30. The fourth-order valence-corrected chi connectivity index (χ4v) is 2.51. The lowest BCUT2D eigenvalue weighted by molar-refractivity contribution is -0.124. The van der Waals surface area contributed by atoms with Crippen molar-refractivity contribution < 1.29 is 18.7 Å². The molecule has 5 heteroatoms. The van der Waals surface area contributed by atoms with E-state index in [0.717, 1.165) is 17.9 Å². The molecule has 0 saturated carbocycles. The molecule has 0 aliphatic carbocycles. The van der Waals surface area contributed by atoms with Crippen LogP contribution in [0.3, 0.4) is 0 Å². The van der Waals surface area contributed by atoms with Crippen molar-refractivity contribution in [3.63, 3.8) is 0 Å². The highest BCUT2D eigenvalue weighted by Gasteiger charge is 2.30. The van der Waals surface area contributed by atoms with Gasteiger partial charge < -0.3 is 14.5 Å². The summed E-state index contributed by atoms with van der Waals surface area (Å²) >= 11 is 0. The Kier molecular flexibility index (Phi) is 6.02. The summed E-state index contributed by atoms with van der Waals surface area (Å²) in [5.41, 5.74) is 0.195. The van der Waals surface area contributed by atoms with Crippen molar-refractivity contribution in [3.05, 3.63) is 53.5 Å².